The minimum absolute atomic E-state index is 0.0912. The van der Waals surface area contributed by atoms with Crippen LogP contribution in [0.25, 0.3) is 17.1 Å². The summed E-state index contributed by atoms with van der Waals surface area (Å²) in [4.78, 5) is 27.2. The van der Waals surface area contributed by atoms with Crippen molar-refractivity contribution in [3.8, 4) is 23.1 Å². The maximum Gasteiger partial charge on any atom is 0.336 e. The van der Waals surface area contributed by atoms with Gasteiger partial charge in [-0.05, 0) is 74.5 Å². The molecule has 3 aromatic carbocycles. The van der Waals surface area contributed by atoms with Crippen molar-refractivity contribution in [1.82, 2.24) is 14.8 Å². The predicted octanol–water partition coefficient (Wildman–Crippen LogP) is 5.02. The number of nitrogens with zero attached hydrogens (tertiary/aromatic N) is 4. The van der Waals surface area contributed by atoms with E-state index in [1.807, 2.05) is 13.8 Å². The third-order valence-electron chi connectivity index (χ3n) is 4.74. The number of hydrogen-bond acceptors (Lipinski definition) is 6. The van der Waals surface area contributed by atoms with Crippen molar-refractivity contribution >= 4 is 17.3 Å². The van der Waals surface area contributed by atoms with Crippen molar-refractivity contribution in [2.45, 2.75) is 20.0 Å². The number of nitro groups is 1. The van der Waals surface area contributed by atoms with Crippen molar-refractivity contribution in [1.29, 1.82) is 0 Å². The van der Waals surface area contributed by atoms with Gasteiger partial charge >= 0.3 is 6.01 Å². The number of anilines is 1. The van der Waals surface area contributed by atoms with Gasteiger partial charge in [0.2, 0.25) is 0 Å². The lowest BCUT2D eigenvalue weighted by atomic mass is 10.2. The number of amides is 1. The standard InChI is InChI=1S/C24H20FN5O4/c1-15(2)34-24-27-22(16-3-7-18(25)8-4-16)29(28-24)20-13-9-19(10-14-20)26-23(31)17-5-11-21(12-6-17)30(32)33/h3-15H,1-2H3,(H,26,31). The van der Waals surface area contributed by atoms with Gasteiger partial charge in [0.25, 0.3) is 11.6 Å². The summed E-state index contributed by atoms with van der Waals surface area (Å²) in [5.41, 5.74) is 2.03. The third kappa shape index (κ3) is 5.07. The summed E-state index contributed by atoms with van der Waals surface area (Å²) in [6, 6.07) is 18.3. The molecule has 10 heteroatoms. The van der Waals surface area contributed by atoms with Crippen LogP contribution in [0.2, 0.25) is 0 Å². The topological polar surface area (TPSA) is 112 Å². The lowest BCUT2D eigenvalue weighted by molar-refractivity contribution is -0.384. The summed E-state index contributed by atoms with van der Waals surface area (Å²) in [5, 5.41) is 18.0. The van der Waals surface area contributed by atoms with E-state index in [0.29, 0.717) is 28.3 Å². The molecule has 0 spiro atoms. The molecule has 9 nitrogen and oxygen atoms in total. The first-order valence-electron chi connectivity index (χ1n) is 10.4. The van der Waals surface area contributed by atoms with Gasteiger partial charge in [0, 0.05) is 28.9 Å². The highest BCUT2D eigenvalue weighted by Crippen LogP contribution is 2.25. The fraction of sp³-hybridized carbons (Fsp3) is 0.125. The highest BCUT2D eigenvalue weighted by atomic mass is 19.1. The second-order valence-electron chi connectivity index (χ2n) is 7.61. The Morgan fingerprint density at radius 1 is 1.03 bits per heavy atom. The molecule has 0 aliphatic carbocycles. The molecular formula is C24H20FN5O4. The van der Waals surface area contributed by atoms with E-state index < -0.39 is 10.8 Å². The maximum atomic E-state index is 13.4. The molecule has 4 aromatic rings. The maximum absolute atomic E-state index is 13.4. The molecule has 1 amide bonds. The number of benzene rings is 3. The van der Waals surface area contributed by atoms with Gasteiger partial charge in [-0.3, -0.25) is 14.9 Å². The number of ether oxygens (including phenoxy) is 1. The molecule has 0 saturated heterocycles. The minimum atomic E-state index is -0.525. The number of nitrogens with one attached hydrogen (secondary N) is 1. The second-order valence-corrected chi connectivity index (χ2v) is 7.61. The molecule has 0 aliphatic heterocycles. The summed E-state index contributed by atoms with van der Waals surface area (Å²) in [7, 11) is 0. The molecule has 4 rings (SSSR count). The smallest absolute Gasteiger partial charge is 0.336 e. The number of carbonyl (C=O) groups is 1. The van der Waals surface area contributed by atoms with E-state index in [0.717, 1.165) is 0 Å². The largest absolute Gasteiger partial charge is 0.460 e. The zero-order valence-corrected chi connectivity index (χ0v) is 18.3. The molecule has 0 fully saturated rings. The number of halogens is 1. The summed E-state index contributed by atoms with van der Waals surface area (Å²) in [6.45, 7) is 3.72. The van der Waals surface area contributed by atoms with Gasteiger partial charge in [-0.15, -0.1) is 5.10 Å². The minimum Gasteiger partial charge on any atom is -0.460 e. The molecule has 0 saturated carbocycles. The Morgan fingerprint density at radius 3 is 2.26 bits per heavy atom. The van der Waals surface area contributed by atoms with Crippen molar-refractivity contribution in [3.05, 3.63) is 94.3 Å². The number of non-ortho nitro benzene ring substituents is 1. The molecule has 0 bridgehead atoms. The Bertz CT molecular complexity index is 1320. The molecule has 0 unspecified atom stereocenters. The van der Waals surface area contributed by atoms with E-state index >= 15 is 0 Å². The molecule has 34 heavy (non-hydrogen) atoms. The van der Waals surface area contributed by atoms with Crippen LogP contribution >= 0.6 is 0 Å². The quantitative estimate of drug-likeness (QED) is 0.305. The Morgan fingerprint density at radius 2 is 1.68 bits per heavy atom. The van der Waals surface area contributed by atoms with Gasteiger partial charge < -0.3 is 10.1 Å². The van der Waals surface area contributed by atoms with E-state index in [9.17, 15) is 19.3 Å². The van der Waals surface area contributed by atoms with Crippen LogP contribution in [0.1, 0.15) is 24.2 Å². The summed E-state index contributed by atoms with van der Waals surface area (Å²) < 4.78 is 20.6. The van der Waals surface area contributed by atoms with Crippen molar-refractivity contribution in [3.63, 3.8) is 0 Å². The Balaban J connectivity index is 1.58. The van der Waals surface area contributed by atoms with Gasteiger partial charge in [0.05, 0.1) is 16.7 Å². The zero-order chi connectivity index (χ0) is 24.2. The van der Waals surface area contributed by atoms with Crippen LogP contribution < -0.4 is 10.1 Å². The molecule has 1 N–H and O–H groups in total. The predicted molar refractivity (Wildman–Crippen MR) is 124 cm³/mol. The Hall–Kier alpha value is -4.60. The average Bonchev–Trinajstić information content (AvgIpc) is 3.23. The van der Waals surface area contributed by atoms with Crippen LogP contribution in [-0.4, -0.2) is 31.7 Å². The SMILES string of the molecule is CC(C)Oc1nc(-c2ccc(F)cc2)n(-c2ccc(NC(=O)c3ccc([N+](=O)[O-])cc3)cc2)n1. The number of nitro benzene ring substituents is 1. The number of rotatable bonds is 7. The van der Waals surface area contributed by atoms with Gasteiger partial charge in [-0.2, -0.15) is 4.98 Å². The van der Waals surface area contributed by atoms with Gasteiger partial charge in [-0.1, -0.05) is 0 Å². The van der Waals surface area contributed by atoms with Crippen molar-refractivity contribution in [2.24, 2.45) is 0 Å². The van der Waals surface area contributed by atoms with Crippen LogP contribution in [0.5, 0.6) is 6.01 Å². The fourth-order valence-electron chi connectivity index (χ4n) is 3.14. The first-order chi connectivity index (χ1) is 16.3. The lowest BCUT2D eigenvalue weighted by Crippen LogP contribution is -2.12. The van der Waals surface area contributed by atoms with Crippen LogP contribution in [0.15, 0.2) is 72.8 Å². The normalized spacial score (nSPS) is 10.8. The van der Waals surface area contributed by atoms with E-state index in [1.54, 1.807) is 41.1 Å². The van der Waals surface area contributed by atoms with Crippen LogP contribution in [0, 0.1) is 15.9 Å². The monoisotopic (exact) mass is 461 g/mol. The first-order valence-corrected chi connectivity index (χ1v) is 10.4. The van der Waals surface area contributed by atoms with Gasteiger partial charge in [0.15, 0.2) is 5.82 Å². The average molecular weight is 461 g/mol. The summed E-state index contributed by atoms with van der Waals surface area (Å²) in [5.74, 6) is -0.289. The molecule has 0 atom stereocenters. The molecule has 172 valence electrons. The molecule has 1 aromatic heterocycles. The molecule has 0 aliphatic rings. The van der Waals surface area contributed by atoms with E-state index in [-0.39, 0.29) is 23.6 Å². The van der Waals surface area contributed by atoms with E-state index in [1.165, 1.54) is 36.4 Å². The Kier molecular flexibility index (Phi) is 6.30. The molecule has 0 radical (unpaired) electrons. The van der Waals surface area contributed by atoms with Crippen LogP contribution in [0.4, 0.5) is 15.8 Å². The second kappa shape index (κ2) is 9.49. The van der Waals surface area contributed by atoms with Gasteiger partial charge in [0.1, 0.15) is 5.82 Å². The van der Waals surface area contributed by atoms with Crippen molar-refractivity contribution in [2.75, 3.05) is 5.32 Å². The number of hydrogen-bond donors (Lipinski definition) is 1. The van der Waals surface area contributed by atoms with Crippen LogP contribution in [0.3, 0.4) is 0 Å². The highest BCUT2D eigenvalue weighted by molar-refractivity contribution is 6.04. The third-order valence-corrected chi connectivity index (χ3v) is 4.74. The first kappa shape index (κ1) is 22.6. The molecular weight excluding hydrogens is 441 g/mol. The summed E-state index contributed by atoms with van der Waals surface area (Å²) >= 11 is 0. The van der Waals surface area contributed by atoms with E-state index in [2.05, 4.69) is 15.4 Å². The Labute approximate surface area is 194 Å². The summed E-state index contributed by atoms with van der Waals surface area (Å²) in [6.07, 6.45) is -0.131. The van der Waals surface area contributed by atoms with Crippen LogP contribution in [-0.2, 0) is 0 Å². The fourth-order valence-corrected chi connectivity index (χ4v) is 3.14. The van der Waals surface area contributed by atoms with E-state index in [4.69, 9.17) is 4.74 Å². The number of carbonyl (C=O) groups excluding carboxylic acids is 1. The van der Waals surface area contributed by atoms with Crippen molar-refractivity contribution < 1.29 is 18.8 Å². The zero-order valence-electron chi connectivity index (χ0n) is 18.3. The number of aromatic nitrogens is 3. The lowest BCUT2D eigenvalue weighted by Gasteiger charge is -2.09. The van der Waals surface area contributed by atoms with Gasteiger partial charge in [-0.25, -0.2) is 9.07 Å². The highest BCUT2D eigenvalue weighted by Gasteiger charge is 2.16. The molecule has 1 heterocycles.